The average molecular weight is 244 g/mol. The maximum atomic E-state index is 5.66. The molecule has 0 saturated heterocycles. The molecule has 0 fully saturated rings. The van der Waals surface area contributed by atoms with Crippen LogP contribution in [0.1, 0.15) is 5.89 Å². The molecule has 0 radical (unpaired) electrons. The van der Waals surface area contributed by atoms with Crippen LogP contribution in [0.4, 0.5) is 0 Å². The van der Waals surface area contributed by atoms with Crippen LogP contribution < -0.4 is 5.73 Å². The van der Waals surface area contributed by atoms with Gasteiger partial charge in [0.2, 0.25) is 0 Å². The van der Waals surface area contributed by atoms with Gasteiger partial charge in [0.1, 0.15) is 0 Å². The summed E-state index contributed by atoms with van der Waals surface area (Å²) in [5.74, 6) is 1.54. The second-order valence-corrected chi connectivity index (χ2v) is 4.89. The largest absolute Gasteiger partial charge is 0.440 e. The van der Waals surface area contributed by atoms with Gasteiger partial charge < -0.3 is 10.2 Å². The van der Waals surface area contributed by atoms with Crippen molar-refractivity contribution < 1.29 is 4.42 Å². The lowest BCUT2D eigenvalue weighted by molar-refractivity contribution is 0.509. The number of fused-ring (bicyclic) bond motifs is 1. The molecular formula is C13H12N2OS. The van der Waals surface area contributed by atoms with Gasteiger partial charge in [0.25, 0.3) is 0 Å². The van der Waals surface area contributed by atoms with Gasteiger partial charge in [-0.1, -0.05) is 18.2 Å². The van der Waals surface area contributed by atoms with Crippen molar-refractivity contribution in [2.75, 3.05) is 6.54 Å². The number of benzene rings is 1. The number of nitrogens with zero attached hydrogens (tertiary/aromatic N) is 1. The predicted octanol–water partition coefficient (Wildman–Crippen LogP) is 3.06. The van der Waals surface area contributed by atoms with Crippen LogP contribution >= 0.6 is 11.3 Å². The quantitative estimate of drug-likeness (QED) is 0.770. The van der Waals surface area contributed by atoms with E-state index in [0.717, 1.165) is 10.6 Å². The summed E-state index contributed by atoms with van der Waals surface area (Å²) in [6.07, 6.45) is 2.46. The lowest BCUT2D eigenvalue weighted by Gasteiger charge is -1.89. The Balaban J connectivity index is 2.01. The molecule has 3 rings (SSSR count). The molecule has 86 valence electrons. The number of thiophene rings is 1. The summed E-state index contributed by atoms with van der Waals surface area (Å²) in [5, 5.41) is 1.24. The van der Waals surface area contributed by atoms with Crippen molar-refractivity contribution in [2.24, 2.45) is 5.73 Å². The first-order valence-corrected chi connectivity index (χ1v) is 6.32. The van der Waals surface area contributed by atoms with Crippen LogP contribution in [-0.2, 0) is 6.42 Å². The van der Waals surface area contributed by atoms with E-state index >= 15 is 0 Å². The second kappa shape index (κ2) is 4.31. The Labute approximate surface area is 103 Å². The molecule has 4 heteroatoms. The van der Waals surface area contributed by atoms with Gasteiger partial charge in [-0.15, -0.1) is 11.3 Å². The third kappa shape index (κ3) is 1.97. The van der Waals surface area contributed by atoms with E-state index in [-0.39, 0.29) is 0 Å². The zero-order valence-corrected chi connectivity index (χ0v) is 10.0. The Morgan fingerprint density at radius 3 is 3.00 bits per heavy atom. The molecule has 0 amide bonds. The van der Waals surface area contributed by atoms with E-state index in [1.165, 1.54) is 10.1 Å². The molecule has 3 aromatic rings. The highest BCUT2D eigenvalue weighted by Crippen LogP contribution is 2.33. The minimum atomic E-state index is 0.562. The topological polar surface area (TPSA) is 52.0 Å². The highest BCUT2D eigenvalue weighted by atomic mass is 32.1. The predicted molar refractivity (Wildman–Crippen MR) is 70.1 cm³/mol. The molecule has 0 aliphatic rings. The zero-order chi connectivity index (χ0) is 11.7. The van der Waals surface area contributed by atoms with E-state index in [9.17, 15) is 0 Å². The number of rotatable bonds is 3. The minimum absolute atomic E-state index is 0.562. The third-order valence-electron chi connectivity index (χ3n) is 2.58. The van der Waals surface area contributed by atoms with E-state index in [4.69, 9.17) is 10.2 Å². The Morgan fingerprint density at radius 1 is 1.29 bits per heavy atom. The van der Waals surface area contributed by atoms with Crippen molar-refractivity contribution in [3.05, 3.63) is 42.4 Å². The molecule has 2 heterocycles. The van der Waals surface area contributed by atoms with Crippen LogP contribution in [0.25, 0.3) is 20.7 Å². The monoisotopic (exact) mass is 244 g/mol. The Hall–Kier alpha value is -1.65. The van der Waals surface area contributed by atoms with Gasteiger partial charge in [-0.05, 0) is 17.5 Å². The standard InChI is InChI=1S/C13H12N2OS/c14-6-5-13-15-8-10(16-13)12-7-9-3-1-2-4-11(9)17-12/h1-4,7-8H,5-6,14H2. The average Bonchev–Trinajstić information content (AvgIpc) is 2.94. The van der Waals surface area contributed by atoms with Crippen LogP contribution in [-0.4, -0.2) is 11.5 Å². The maximum Gasteiger partial charge on any atom is 0.196 e. The van der Waals surface area contributed by atoms with Gasteiger partial charge in [0.05, 0.1) is 11.1 Å². The summed E-state index contributed by atoms with van der Waals surface area (Å²) in [5.41, 5.74) is 5.47. The molecule has 3 nitrogen and oxygen atoms in total. The highest BCUT2D eigenvalue weighted by Gasteiger charge is 2.09. The fraction of sp³-hybridized carbons (Fsp3) is 0.154. The summed E-state index contributed by atoms with van der Waals surface area (Å²) in [6, 6.07) is 10.4. The van der Waals surface area contributed by atoms with E-state index in [0.29, 0.717) is 18.9 Å². The molecule has 2 aromatic heterocycles. The molecule has 0 atom stereocenters. The summed E-state index contributed by atoms with van der Waals surface area (Å²) in [4.78, 5) is 5.33. The van der Waals surface area contributed by atoms with Crippen molar-refractivity contribution in [3.63, 3.8) is 0 Å². The fourth-order valence-corrected chi connectivity index (χ4v) is 2.78. The van der Waals surface area contributed by atoms with Crippen molar-refractivity contribution in [3.8, 4) is 10.6 Å². The molecule has 0 spiro atoms. The molecule has 1 aromatic carbocycles. The Bertz CT molecular complexity index is 608. The van der Waals surface area contributed by atoms with Crippen molar-refractivity contribution in [1.82, 2.24) is 4.98 Å². The summed E-state index contributed by atoms with van der Waals surface area (Å²) in [6.45, 7) is 0.562. The van der Waals surface area contributed by atoms with Crippen LogP contribution in [0.5, 0.6) is 0 Å². The van der Waals surface area contributed by atoms with Crippen LogP contribution in [0, 0.1) is 0 Å². The highest BCUT2D eigenvalue weighted by molar-refractivity contribution is 7.22. The molecule has 2 N–H and O–H groups in total. The summed E-state index contributed by atoms with van der Waals surface area (Å²) >= 11 is 1.72. The van der Waals surface area contributed by atoms with E-state index < -0.39 is 0 Å². The number of nitrogens with two attached hydrogens (primary N) is 1. The molecule has 0 aliphatic heterocycles. The first kappa shape index (κ1) is 10.5. The Morgan fingerprint density at radius 2 is 2.18 bits per heavy atom. The fourth-order valence-electron chi connectivity index (χ4n) is 1.77. The van der Waals surface area contributed by atoms with Crippen LogP contribution in [0.2, 0.25) is 0 Å². The molecule has 0 aliphatic carbocycles. The van der Waals surface area contributed by atoms with Gasteiger partial charge in [-0.25, -0.2) is 4.98 Å². The van der Waals surface area contributed by atoms with Crippen molar-refractivity contribution >= 4 is 21.4 Å². The van der Waals surface area contributed by atoms with Gasteiger partial charge in [0, 0.05) is 17.7 Å². The van der Waals surface area contributed by atoms with Crippen molar-refractivity contribution in [2.45, 2.75) is 6.42 Å². The number of oxazole rings is 1. The van der Waals surface area contributed by atoms with Crippen LogP contribution in [0.3, 0.4) is 0 Å². The van der Waals surface area contributed by atoms with Gasteiger partial charge in [-0.3, -0.25) is 0 Å². The van der Waals surface area contributed by atoms with Gasteiger partial charge in [0.15, 0.2) is 11.7 Å². The van der Waals surface area contributed by atoms with E-state index in [2.05, 4.69) is 23.2 Å². The minimum Gasteiger partial charge on any atom is -0.440 e. The Kier molecular flexibility index (Phi) is 2.66. The summed E-state index contributed by atoms with van der Waals surface area (Å²) < 4.78 is 6.92. The molecule has 0 bridgehead atoms. The lowest BCUT2D eigenvalue weighted by Crippen LogP contribution is -2.02. The zero-order valence-electron chi connectivity index (χ0n) is 9.22. The maximum absolute atomic E-state index is 5.66. The SMILES string of the molecule is NCCc1ncc(-c2cc3ccccc3s2)o1. The first-order chi connectivity index (χ1) is 8.36. The molecular weight excluding hydrogens is 232 g/mol. The van der Waals surface area contributed by atoms with E-state index in [1.807, 2.05) is 12.1 Å². The molecule has 0 unspecified atom stereocenters. The van der Waals surface area contributed by atoms with Gasteiger partial charge in [-0.2, -0.15) is 0 Å². The van der Waals surface area contributed by atoms with Gasteiger partial charge >= 0.3 is 0 Å². The van der Waals surface area contributed by atoms with Crippen molar-refractivity contribution in [1.29, 1.82) is 0 Å². The lowest BCUT2D eigenvalue weighted by atomic mass is 10.2. The van der Waals surface area contributed by atoms with E-state index in [1.54, 1.807) is 17.5 Å². The normalized spacial score (nSPS) is 11.1. The number of hydrogen-bond acceptors (Lipinski definition) is 4. The third-order valence-corrected chi connectivity index (χ3v) is 3.71. The first-order valence-electron chi connectivity index (χ1n) is 5.50. The second-order valence-electron chi connectivity index (χ2n) is 3.81. The molecule has 17 heavy (non-hydrogen) atoms. The number of aromatic nitrogens is 1. The smallest absolute Gasteiger partial charge is 0.196 e. The summed E-state index contributed by atoms with van der Waals surface area (Å²) in [7, 11) is 0. The number of hydrogen-bond donors (Lipinski definition) is 1. The molecule has 0 saturated carbocycles. The van der Waals surface area contributed by atoms with Crippen LogP contribution in [0.15, 0.2) is 40.9 Å².